The summed E-state index contributed by atoms with van der Waals surface area (Å²) >= 11 is 0. The molecule has 3 N–H and O–H groups in total. The molecule has 0 aliphatic heterocycles. The van der Waals surface area contributed by atoms with Gasteiger partial charge in [0, 0.05) is 5.56 Å². The van der Waals surface area contributed by atoms with E-state index in [0.29, 0.717) is 0 Å². The molecule has 0 saturated heterocycles. The maximum Gasteiger partial charge on any atom is 0.416 e. The molecule has 0 spiro atoms. The number of rotatable bonds is 7. The quantitative estimate of drug-likeness (QED) is 0.705. The van der Waals surface area contributed by atoms with E-state index >= 15 is 0 Å². The SMILES string of the molecule is NC(=O)[C@H](CC(=O)OCc1ccccc1)NC(=O)c1ccc(C(F)(F)F)cc1. The smallest absolute Gasteiger partial charge is 0.416 e. The van der Waals surface area contributed by atoms with Crippen LogP contribution in [0, 0.1) is 0 Å². The third-order valence-electron chi connectivity index (χ3n) is 3.74. The minimum Gasteiger partial charge on any atom is -0.461 e. The zero-order valence-corrected chi connectivity index (χ0v) is 14.5. The normalized spacial score (nSPS) is 12.1. The Morgan fingerprint density at radius 3 is 2.14 bits per heavy atom. The number of halogens is 3. The fraction of sp³-hybridized carbons (Fsp3) is 0.211. The monoisotopic (exact) mass is 394 g/mol. The van der Waals surface area contributed by atoms with Crippen LogP contribution in [-0.4, -0.2) is 23.8 Å². The number of carbonyl (C=O) groups is 3. The number of benzene rings is 2. The standard InChI is InChI=1S/C19H17F3N2O4/c20-19(21,22)14-8-6-13(7-9-14)18(27)24-15(17(23)26)10-16(25)28-11-12-4-2-1-3-5-12/h1-9,15H,10-11H2,(H2,23,26)(H,24,27)/t15-/m0/s1. The first-order valence-electron chi connectivity index (χ1n) is 8.14. The average Bonchev–Trinajstić information content (AvgIpc) is 2.66. The molecule has 0 saturated carbocycles. The Kier molecular flexibility index (Phi) is 6.75. The van der Waals surface area contributed by atoms with Gasteiger partial charge in [0.25, 0.3) is 5.91 Å². The van der Waals surface area contributed by atoms with Crippen LogP contribution >= 0.6 is 0 Å². The van der Waals surface area contributed by atoms with Crippen LogP contribution in [0.5, 0.6) is 0 Å². The van der Waals surface area contributed by atoms with E-state index in [-0.39, 0.29) is 12.2 Å². The second-order valence-corrected chi connectivity index (χ2v) is 5.85. The predicted octanol–water partition coefficient (Wildman–Crippen LogP) is 2.42. The van der Waals surface area contributed by atoms with E-state index in [2.05, 4.69) is 5.32 Å². The van der Waals surface area contributed by atoms with Crippen molar-refractivity contribution < 1.29 is 32.3 Å². The maximum atomic E-state index is 12.6. The number of alkyl halides is 3. The molecular formula is C19H17F3N2O4. The van der Waals surface area contributed by atoms with Gasteiger partial charge in [-0.05, 0) is 29.8 Å². The van der Waals surface area contributed by atoms with Crippen molar-refractivity contribution in [2.75, 3.05) is 0 Å². The summed E-state index contributed by atoms with van der Waals surface area (Å²) in [7, 11) is 0. The molecule has 0 aliphatic carbocycles. The molecule has 2 amide bonds. The molecule has 0 aliphatic rings. The van der Waals surface area contributed by atoms with Gasteiger partial charge in [0.1, 0.15) is 12.6 Å². The second kappa shape index (κ2) is 9.03. The van der Waals surface area contributed by atoms with E-state index in [9.17, 15) is 27.6 Å². The summed E-state index contributed by atoms with van der Waals surface area (Å²) in [4.78, 5) is 35.5. The predicted molar refractivity (Wildman–Crippen MR) is 92.7 cm³/mol. The van der Waals surface area contributed by atoms with Crippen molar-refractivity contribution in [1.82, 2.24) is 5.32 Å². The third kappa shape index (κ3) is 6.11. The van der Waals surface area contributed by atoms with Gasteiger partial charge < -0.3 is 15.8 Å². The summed E-state index contributed by atoms with van der Waals surface area (Å²) in [5.41, 5.74) is 4.90. The largest absolute Gasteiger partial charge is 0.461 e. The summed E-state index contributed by atoms with van der Waals surface area (Å²) < 4.78 is 42.7. The molecular weight excluding hydrogens is 377 g/mol. The third-order valence-corrected chi connectivity index (χ3v) is 3.74. The number of nitrogens with two attached hydrogens (primary N) is 1. The Bertz CT molecular complexity index is 837. The molecule has 0 radical (unpaired) electrons. The number of carbonyl (C=O) groups excluding carboxylic acids is 3. The number of hydrogen-bond donors (Lipinski definition) is 2. The number of primary amides is 1. The lowest BCUT2D eigenvalue weighted by Gasteiger charge is -2.15. The summed E-state index contributed by atoms with van der Waals surface area (Å²) in [5, 5.41) is 2.22. The minimum atomic E-state index is -4.53. The van der Waals surface area contributed by atoms with Crippen LogP contribution < -0.4 is 11.1 Å². The van der Waals surface area contributed by atoms with E-state index < -0.39 is 42.0 Å². The molecule has 2 rings (SSSR count). The molecule has 0 bridgehead atoms. The van der Waals surface area contributed by atoms with Gasteiger partial charge >= 0.3 is 12.1 Å². The highest BCUT2D eigenvalue weighted by molar-refractivity contribution is 5.98. The van der Waals surface area contributed by atoms with E-state index in [1.807, 2.05) is 0 Å². The topological polar surface area (TPSA) is 98.5 Å². The molecule has 6 nitrogen and oxygen atoms in total. The number of amides is 2. The lowest BCUT2D eigenvalue weighted by Crippen LogP contribution is -2.45. The van der Waals surface area contributed by atoms with Crippen molar-refractivity contribution in [3.05, 3.63) is 71.3 Å². The van der Waals surface area contributed by atoms with Crippen LogP contribution in [0.25, 0.3) is 0 Å². The van der Waals surface area contributed by atoms with Gasteiger partial charge in [0.05, 0.1) is 12.0 Å². The molecule has 1 atom stereocenters. The van der Waals surface area contributed by atoms with Crippen molar-refractivity contribution >= 4 is 17.8 Å². The Hall–Kier alpha value is -3.36. The van der Waals surface area contributed by atoms with E-state index in [1.165, 1.54) is 0 Å². The Labute approximate surface area is 158 Å². The van der Waals surface area contributed by atoms with Gasteiger partial charge in [0.2, 0.25) is 5.91 Å². The van der Waals surface area contributed by atoms with Crippen LogP contribution in [0.3, 0.4) is 0 Å². The molecule has 0 fully saturated rings. The van der Waals surface area contributed by atoms with Gasteiger partial charge in [-0.25, -0.2) is 0 Å². The van der Waals surface area contributed by atoms with E-state index in [0.717, 1.165) is 29.8 Å². The van der Waals surface area contributed by atoms with Crippen LogP contribution in [0.1, 0.15) is 27.9 Å². The Morgan fingerprint density at radius 2 is 1.61 bits per heavy atom. The van der Waals surface area contributed by atoms with Gasteiger partial charge in [0.15, 0.2) is 0 Å². The molecule has 0 aromatic heterocycles. The zero-order valence-electron chi connectivity index (χ0n) is 14.5. The fourth-order valence-electron chi connectivity index (χ4n) is 2.24. The fourth-order valence-corrected chi connectivity index (χ4v) is 2.24. The van der Waals surface area contributed by atoms with Gasteiger partial charge in [-0.1, -0.05) is 30.3 Å². The Balaban J connectivity index is 1.95. The van der Waals surface area contributed by atoms with Crippen molar-refractivity contribution in [2.24, 2.45) is 5.73 Å². The number of nitrogens with one attached hydrogen (secondary N) is 1. The lowest BCUT2D eigenvalue weighted by molar-refractivity contribution is -0.146. The summed E-state index contributed by atoms with van der Waals surface area (Å²) in [6.45, 7) is -0.0159. The highest BCUT2D eigenvalue weighted by atomic mass is 19.4. The molecule has 2 aromatic carbocycles. The molecule has 148 valence electrons. The Morgan fingerprint density at radius 1 is 1.00 bits per heavy atom. The first-order valence-corrected chi connectivity index (χ1v) is 8.14. The zero-order chi connectivity index (χ0) is 20.7. The van der Waals surface area contributed by atoms with Crippen molar-refractivity contribution in [3.8, 4) is 0 Å². The van der Waals surface area contributed by atoms with Crippen molar-refractivity contribution in [2.45, 2.75) is 25.2 Å². The highest BCUT2D eigenvalue weighted by Gasteiger charge is 2.30. The van der Waals surface area contributed by atoms with Crippen LogP contribution in [-0.2, 0) is 27.1 Å². The molecule has 0 unspecified atom stereocenters. The van der Waals surface area contributed by atoms with Gasteiger partial charge in [-0.2, -0.15) is 13.2 Å². The lowest BCUT2D eigenvalue weighted by atomic mass is 10.1. The number of esters is 1. The maximum absolute atomic E-state index is 12.6. The van der Waals surface area contributed by atoms with E-state index in [4.69, 9.17) is 10.5 Å². The highest BCUT2D eigenvalue weighted by Crippen LogP contribution is 2.29. The van der Waals surface area contributed by atoms with Crippen molar-refractivity contribution in [1.29, 1.82) is 0 Å². The molecule has 0 heterocycles. The first kappa shape index (κ1) is 20.9. The van der Waals surface area contributed by atoms with Gasteiger partial charge in [-0.3, -0.25) is 14.4 Å². The number of ether oxygens (including phenoxy) is 1. The van der Waals surface area contributed by atoms with Gasteiger partial charge in [-0.15, -0.1) is 0 Å². The van der Waals surface area contributed by atoms with Crippen LogP contribution in [0.4, 0.5) is 13.2 Å². The van der Waals surface area contributed by atoms with Crippen LogP contribution in [0.15, 0.2) is 54.6 Å². The van der Waals surface area contributed by atoms with E-state index in [1.54, 1.807) is 30.3 Å². The minimum absolute atomic E-state index is 0.0159. The summed E-state index contributed by atoms with van der Waals surface area (Å²) in [6, 6.07) is 10.8. The molecule has 28 heavy (non-hydrogen) atoms. The first-order chi connectivity index (χ1) is 13.2. The molecule has 2 aromatic rings. The number of hydrogen-bond acceptors (Lipinski definition) is 4. The second-order valence-electron chi connectivity index (χ2n) is 5.85. The van der Waals surface area contributed by atoms with Crippen LogP contribution in [0.2, 0.25) is 0 Å². The average molecular weight is 394 g/mol. The summed E-state index contributed by atoms with van der Waals surface area (Å²) in [6.07, 6.45) is -5.04. The van der Waals surface area contributed by atoms with Crippen molar-refractivity contribution in [3.63, 3.8) is 0 Å². The summed E-state index contributed by atoms with van der Waals surface area (Å²) in [5.74, 6) is -2.58. The molecule has 9 heteroatoms.